The minimum atomic E-state index is -0.611. The molecule has 2 aromatic rings. The van der Waals surface area contributed by atoms with Crippen LogP contribution in [0.25, 0.3) is 10.2 Å². The van der Waals surface area contributed by atoms with E-state index in [1.165, 1.54) is 10.4 Å². The summed E-state index contributed by atoms with van der Waals surface area (Å²) < 4.78 is 5.24. The second-order valence-corrected chi connectivity index (χ2v) is 9.16. The molecule has 0 bridgehead atoms. The van der Waals surface area contributed by atoms with Crippen LogP contribution in [0.3, 0.4) is 0 Å². The molecule has 2 aliphatic carbocycles. The number of ether oxygens (including phenoxy) is 1. The van der Waals surface area contributed by atoms with Gasteiger partial charge in [-0.25, -0.2) is 4.98 Å². The smallest absolute Gasteiger partial charge is 0.259 e. The van der Waals surface area contributed by atoms with E-state index < -0.39 is 6.10 Å². The van der Waals surface area contributed by atoms with Crippen molar-refractivity contribution in [2.45, 2.75) is 57.7 Å². The first-order valence-electron chi connectivity index (χ1n) is 10.0. The lowest BCUT2D eigenvalue weighted by molar-refractivity contribution is 0.0237. The van der Waals surface area contributed by atoms with Gasteiger partial charge in [-0.05, 0) is 43.6 Å². The van der Waals surface area contributed by atoms with Crippen molar-refractivity contribution in [1.29, 1.82) is 0 Å². The molecule has 0 aliphatic heterocycles. The number of hydrogen-bond acceptors (Lipinski definition) is 6. The van der Waals surface area contributed by atoms with Gasteiger partial charge >= 0.3 is 0 Å². The molecular weight excluding hydrogens is 374 g/mol. The van der Waals surface area contributed by atoms with Gasteiger partial charge in [-0.3, -0.25) is 9.69 Å². The molecule has 2 unspecified atom stereocenters. The van der Waals surface area contributed by atoms with E-state index in [2.05, 4.69) is 22.7 Å². The second kappa shape index (κ2) is 8.34. The first-order valence-corrected chi connectivity index (χ1v) is 10.8. The number of nitrogens with zero attached hydrogens (tertiary/aromatic N) is 2. The lowest BCUT2D eigenvalue weighted by atomic mass is 9.89. The molecule has 2 N–H and O–H groups in total. The first-order chi connectivity index (χ1) is 13.5. The average Bonchev–Trinajstić information content (AvgIpc) is 3.42. The molecule has 0 radical (unpaired) electrons. The fourth-order valence-corrected chi connectivity index (χ4v) is 5.42. The van der Waals surface area contributed by atoms with Crippen LogP contribution in [-0.4, -0.2) is 51.9 Å². The monoisotopic (exact) mass is 401 g/mol. The molecule has 1 fully saturated rings. The van der Waals surface area contributed by atoms with E-state index in [4.69, 9.17) is 16.1 Å². The third-order valence-electron chi connectivity index (χ3n) is 5.57. The van der Waals surface area contributed by atoms with Crippen LogP contribution in [0.1, 0.15) is 42.5 Å². The van der Waals surface area contributed by atoms with Crippen molar-refractivity contribution in [3.8, 4) is 12.3 Å². The largest absolute Gasteiger partial charge is 0.389 e. The Kier molecular flexibility index (Phi) is 5.83. The maximum Gasteiger partial charge on any atom is 0.259 e. The van der Waals surface area contributed by atoms with Crippen molar-refractivity contribution in [3.05, 3.63) is 26.6 Å². The van der Waals surface area contributed by atoms with Gasteiger partial charge in [0.05, 0.1) is 24.6 Å². The number of thiophene rings is 1. The summed E-state index contributed by atoms with van der Waals surface area (Å²) in [7, 11) is 0. The number of rotatable bonds is 8. The molecule has 4 rings (SSSR count). The van der Waals surface area contributed by atoms with E-state index in [9.17, 15) is 9.90 Å². The fraction of sp³-hybridized carbons (Fsp3) is 0.619. The highest BCUT2D eigenvalue weighted by molar-refractivity contribution is 7.18. The van der Waals surface area contributed by atoms with Gasteiger partial charge in [0.1, 0.15) is 17.3 Å². The summed E-state index contributed by atoms with van der Waals surface area (Å²) in [6.45, 7) is 3.69. The van der Waals surface area contributed by atoms with Crippen molar-refractivity contribution >= 4 is 21.6 Å². The molecule has 28 heavy (non-hydrogen) atoms. The predicted octanol–water partition coefficient (Wildman–Crippen LogP) is 2.08. The number of fused-ring (bicyclic) bond motifs is 3. The highest BCUT2D eigenvalue weighted by Gasteiger charge is 2.31. The van der Waals surface area contributed by atoms with Crippen LogP contribution in [0.2, 0.25) is 0 Å². The first kappa shape index (κ1) is 19.6. The SMILES string of the molecule is C#CCOCC(O)CN(Cc1nc2sc3c(c2c(=O)[nH]1)CCC(C)C3)C1CC1. The van der Waals surface area contributed by atoms with Crippen molar-refractivity contribution in [1.82, 2.24) is 14.9 Å². The van der Waals surface area contributed by atoms with E-state index in [0.29, 0.717) is 30.9 Å². The molecule has 0 aromatic carbocycles. The lowest BCUT2D eigenvalue weighted by Gasteiger charge is -2.24. The summed E-state index contributed by atoms with van der Waals surface area (Å²) in [5.74, 6) is 3.75. The molecule has 7 heteroatoms. The predicted molar refractivity (Wildman–Crippen MR) is 111 cm³/mol. The fourth-order valence-electron chi connectivity index (χ4n) is 4.02. The Hall–Kier alpha value is -1.72. The van der Waals surface area contributed by atoms with Crippen LogP contribution in [-0.2, 0) is 24.1 Å². The molecule has 150 valence electrons. The zero-order valence-electron chi connectivity index (χ0n) is 16.2. The summed E-state index contributed by atoms with van der Waals surface area (Å²) in [6, 6.07) is 0.431. The minimum absolute atomic E-state index is 0.0271. The molecule has 2 atom stereocenters. The van der Waals surface area contributed by atoms with Gasteiger partial charge in [0.25, 0.3) is 5.56 Å². The summed E-state index contributed by atoms with van der Waals surface area (Å²) in [5.41, 5.74) is 1.18. The van der Waals surface area contributed by atoms with Crippen LogP contribution < -0.4 is 5.56 Å². The number of H-pyrrole nitrogens is 1. The third kappa shape index (κ3) is 4.31. The standard InChI is InChI=1S/C21H27N3O3S/c1-3-8-27-12-15(25)10-24(14-5-6-14)11-18-22-20(26)19-16-7-4-13(2)9-17(16)28-21(19)23-18/h1,13-15,25H,4-12H2,2H3,(H,22,23,26). The van der Waals surface area contributed by atoms with E-state index >= 15 is 0 Å². The molecule has 1 saturated carbocycles. The maximum atomic E-state index is 12.8. The molecule has 6 nitrogen and oxygen atoms in total. The van der Waals surface area contributed by atoms with Crippen molar-refractivity contribution in [2.75, 3.05) is 19.8 Å². The normalized spacial score (nSPS) is 20.3. The van der Waals surface area contributed by atoms with Crippen molar-refractivity contribution < 1.29 is 9.84 Å². The van der Waals surface area contributed by atoms with Gasteiger partial charge in [-0.15, -0.1) is 17.8 Å². The number of aliphatic hydroxyl groups is 1. The topological polar surface area (TPSA) is 78.5 Å². The Morgan fingerprint density at radius 1 is 1.46 bits per heavy atom. The molecule has 2 heterocycles. The quantitative estimate of drug-likeness (QED) is 0.523. The Morgan fingerprint density at radius 3 is 3.04 bits per heavy atom. The van der Waals surface area contributed by atoms with Gasteiger partial charge in [-0.2, -0.15) is 0 Å². The molecule has 0 amide bonds. The number of aryl methyl sites for hydroxylation is 1. The Labute approximate surface area is 168 Å². The highest BCUT2D eigenvalue weighted by Crippen LogP contribution is 2.36. The van der Waals surface area contributed by atoms with Crippen LogP contribution in [0.4, 0.5) is 0 Å². The van der Waals surface area contributed by atoms with Gasteiger partial charge in [-0.1, -0.05) is 12.8 Å². The molecule has 2 aliphatic rings. The van der Waals surface area contributed by atoms with Crippen molar-refractivity contribution in [2.24, 2.45) is 5.92 Å². The number of terminal acetylenes is 1. The van der Waals surface area contributed by atoms with Crippen LogP contribution in [0, 0.1) is 18.3 Å². The number of aromatic nitrogens is 2. The van der Waals surface area contributed by atoms with Crippen LogP contribution in [0.15, 0.2) is 4.79 Å². The molecule has 0 spiro atoms. The molecule has 0 saturated heterocycles. The van der Waals surface area contributed by atoms with Gasteiger partial charge in [0, 0.05) is 17.5 Å². The Bertz CT molecular complexity index is 941. The molecule has 2 aromatic heterocycles. The molecular formula is C21H27N3O3S. The summed E-state index contributed by atoms with van der Waals surface area (Å²) >= 11 is 1.67. The van der Waals surface area contributed by atoms with Gasteiger partial charge in [0.2, 0.25) is 0 Å². The van der Waals surface area contributed by atoms with Gasteiger partial charge in [0.15, 0.2) is 0 Å². The maximum absolute atomic E-state index is 12.8. The average molecular weight is 402 g/mol. The lowest BCUT2D eigenvalue weighted by Crippen LogP contribution is -2.37. The number of hydrogen-bond donors (Lipinski definition) is 2. The summed E-state index contributed by atoms with van der Waals surface area (Å²) in [4.78, 5) is 24.9. The second-order valence-electron chi connectivity index (χ2n) is 8.08. The summed E-state index contributed by atoms with van der Waals surface area (Å²) in [6.07, 6.45) is 9.92. The van der Waals surface area contributed by atoms with E-state index in [-0.39, 0.29) is 18.8 Å². The number of aliphatic hydroxyl groups excluding tert-OH is 1. The minimum Gasteiger partial charge on any atom is -0.389 e. The third-order valence-corrected chi connectivity index (χ3v) is 6.72. The number of nitrogens with one attached hydrogen (secondary N) is 1. The Morgan fingerprint density at radius 2 is 2.29 bits per heavy atom. The summed E-state index contributed by atoms with van der Waals surface area (Å²) in [5, 5.41) is 11.0. The zero-order valence-corrected chi connectivity index (χ0v) is 17.1. The van der Waals surface area contributed by atoms with E-state index in [1.54, 1.807) is 11.3 Å². The van der Waals surface area contributed by atoms with Crippen LogP contribution >= 0.6 is 11.3 Å². The highest BCUT2D eigenvalue weighted by atomic mass is 32.1. The zero-order chi connectivity index (χ0) is 19.7. The van der Waals surface area contributed by atoms with E-state index in [1.807, 2.05) is 0 Å². The van der Waals surface area contributed by atoms with Gasteiger partial charge < -0.3 is 14.8 Å². The number of aromatic amines is 1. The van der Waals surface area contributed by atoms with Crippen molar-refractivity contribution in [3.63, 3.8) is 0 Å². The Balaban J connectivity index is 1.51. The van der Waals surface area contributed by atoms with Crippen LogP contribution in [0.5, 0.6) is 0 Å². The van der Waals surface area contributed by atoms with E-state index in [0.717, 1.165) is 42.3 Å².